The summed E-state index contributed by atoms with van der Waals surface area (Å²) in [7, 11) is 6.05. The van der Waals surface area contributed by atoms with Crippen LogP contribution in [0.4, 0.5) is 0 Å². The molecule has 27 heavy (non-hydrogen) atoms. The van der Waals surface area contributed by atoms with E-state index < -0.39 is 0 Å². The molecule has 1 amide bonds. The van der Waals surface area contributed by atoms with E-state index in [0.29, 0.717) is 13.2 Å². The molecule has 1 fully saturated rings. The van der Waals surface area contributed by atoms with Crippen molar-refractivity contribution < 1.29 is 9.53 Å². The van der Waals surface area contributed by atoms with Crippen molar-refractivity contribution in [3.63, 3.8) is 0 Å². The molecule has 146 valence electrons. The zero-order chi connectivity index (χ0) is 19.2. The Hall–Kier alpha value is -2.25. The lowest BCUT2D eigenvalue weighted by Crippen LogP contribution is -2.41. The van der Waals surface area contributed by atoms with Crippen LogP contribution in [0.1, 0.15) is 36.0 Å². The van der Waals surface area contributed by atoms with E-state index in [2.05, 4.69) is 19.7 Å². The van der Waals surface area contributed by atoms with E-state index in [1.54, 1.807) is 0 Å². The van der Waals surface area contributed by atoms with E-state index in [0.717, 1.165) is 43.1 Å². The van der Waals surface area contributed by atoms with Crippen LogP contribution in [0.2, 0.25) is 0 Å². The predicted octanol–water partition coefficient (Wildman–Crippen LogP) is 1.80. The third-order valence-electron chi connectivity index (χ3n) is 4.93. The largest absolute Gasteiger partial charge is 0.367 e. The second kappa shape index (κ2) is 9.10. The van der Waals surface area contributed by atoms with Crippen LogP contribution in [0.25, 0.3) is 0 Å². The summed E-state index contributed by atoms with van der Waals surface area (Å²) in [4.78, 5) is 16.5. The van der Waals surface area contributed by atoms with Crippen molar-refractivity contribution in [3.8, 4) is 0 Å². The maximum Gasteiger partial charge on any atom is 0.248 e. The van der Waals surface area contributed by atoms with Gasteiger partial charge in [0.2, 0.25) is 5.91 Å². The van der Waals surface area contributed by atoms with Crippen molar-refractivity contribution in [2.75, 3.05) is 33.8 Å². The van der Waals surface area contributed by atoms with Gasteiger partial charge in [-0.3, -0.25) is 4.79 Å². The summed E-state index contributed by atoms with van der Waals surface area (Å²) < 4.78 is 7.69. The van der Waals surface area contributed by atoms with Crippen molar-refractivity contribution in [1.82, 2.24) is 24.6 Å². The van der Waals surface area contributed by atoms with Crippen LogP contribution in [0, 0.1) is 0 Å². The third-order valence-corrected chi connectivity index (χ3v) is 4.93. The lowest BCUT2D eigenvalue weighted by atomic mass is 9.97. The average Bonchev–Trinajstić information content (AvgIpc) is 3.02. The van der Waals surface area contributed by atoms with Crippen LogP contribution in [-0.2, 0) is 29.7 Å². The van der Waals surface area contributed by atoms with Gasteiger partial charge >= 0.3 is 0 Å². The number of likely N-dealkylation sites (tertiary alicyclic amines) is 1. The van der Waals surface area contributed by atoms with Crippen LogP contribution in [-0.4, -0.2) is 64.3 Å². The number of hydrogen-bond donors (Lipinski definition) is 0. The highest BCUT2D eigenvalue weighted by Gasteiger charge is 2.28. The maximum atomic E-state index is 12.6. The first kappa shape index (κ1) is 19.5. The van der Waals surface area contributed by atoms with Crippen molar-refractivity contribution >= 4 is 5.91 Å². The van der Waals surface area contributed by atoms with Crippen LogP contribution in [0.5, 0.6) is 0 Å². The van der Waals surface area contributed by atoms with Gasteiger partial charge in [-0.05, 0) is 32.5 Å². The molecule has 0 unspecified atom stereocenters. The minimum absolute atomic E-state index is 0.0475. The molecule has 0 spiro atoms. The van der Waals surface area contributed by atoms with Gasteiger partial charge in [-0.2, -0.15) is 0 Å². The Morgan fingerprint density at radius 2 is 2.04 bits per heavy atom. The molecule has 0 N–H and O–H groups in total. The molecular formula is C20H29N5O2. The summed E-state index contributed by atoms with van der Waals surface area (Å²) in [6.07, 6.45) is 2.01. The van der Waals surface area contributed by atoms with Crippen LogP contribution in [0.3, 0.4) is 0 Å². The molecule has 1 aromatic heterocycles. The molecule has 3 rings (SSSR count). The first-order chi connectivity index (χ1) is 13.0. The molecule has 7 heteroatoms. The van der Waals surface area contributed by atoms with E-state index in [1.807, 2.05) is 56.4 Å². The van der Waals surface area contributed by atoms with Crippen LogP contribution < -0.4 is 0 Å². The summed E-state index contributed by atoms with van der Waals surface area (Å²) in [6.45, 7) is 2.80. The lowest BCUT2D eigenvalue weighted by molar-refractivity contribution is -0.137. The molecule has 0 radical (unpaired) electrons. The highest BCUT2D eigenvalue weighted by atomic mass is 16.5. The number of hydrogen-bond acceptors (Lipinski definition) is 5. The minimum Gasteiger partial charge on any atom is -0.367 e. The van der Waals surface area contributed by atoms with Gasteiger partial charge in [-0.25, -0.2) is 0 Å². The van der Waals surface area contributed by atoms with Gasteiger partial charge in [0.1, 0.15) is 18.3 Å². The normalized spacial score (nSPS) is 17.5. The molecule has 7 nitrogen and oxygen atoms in total. The number of nitrogens with zero attached hydrogens (tertiary/aromatic N) is 5. The summed E-state index contributed by atoms with van der Waals surface area (Å²) >= 11 is 0. The standard InChI is InChI=1S/C20H29N5O2/c1-23(2)13-18-21-22-20(24(18)3)17-10-7-11-25(12-17)19(26)15-27-14-16-8-5-4-6-9-16/h4-6,8-9,17H,7,10-15H2,1-3H3/t17-/m0/s1. The molecule has 2 aromatic rings. The van der Waals surface area contributed by atoms with Gasteiger partial charge in [0, 0.05) is 26.1 Å². The maximum absolute atomic E-state index is 12.6. The summed E-state index contributed by atoms with van der Waals surface area (Å²) in [5, 5.41) is 8.73. The molecule has 1 aromatic carbocycles. The fourth-order valence-corrected chi connectivity index (χ4v) is 3.49. The quantitative estimate of drug-likeness (QED) is 0.743. The van der Waals surface area contributed by atoms with E-state index >= 15 is 0 Å². The van der Waals surface area contributed by atoms with Crippen molar-refractivity contribution in [1.29, 1.82) is 0 Å². The predicted molar refractivity (Wildman–Crippen MR) is 103 cm³/mol. The molecular weight excluding hydrogens is 342 g/mol. The molecule has 0 saturated carbocycles. The number of aromatic nitrogens is 3. The molecule has 0 aliphatic carbocycles. The number of carbonyl (C=O) groups excluding carboxylic acids is 1. The molecule has 1 atom stereocenters. The molecule has 0 bridgehead atoms. The van der Waals surface area contributed by atoms with Crippen molar-refractivity contribution in [2.45, 2.75) is 31.9 Å². The fourth-order valence-electron chi connectivity index (χ4n) is 3.49. The van der Waals surface area contributed by atoms with E-state index in [-0.39, 0.29) is 18.4 Å². The number of rotatable bonds is 7. The number of carbonyl (C=O) groups is 1. The number of benzene rings is 1. The second-order valence-electron chi connectivity index (χ2n) is 7.43. The van der Waals surface area contributed by atoms with Crippen LogP contribution in [0.15, 0.2) is 30.3 Å². The van der Waals surface area contributed by atoms with E-state index in [1.165, 1.54) is 0 Å². The fraction of sp³-hybridized carbons (Fsp3) is 0.550. The Kier molecular flexibility index (Phi) is 6.58. The average molecular weight is 371 g/mol. The Balaban J connectivity index is 1.54. The van der Waals surface area contributed by atoms with Gasteiger partial charge in [0.05, 0.1) is 13.2 Å². The molecule has 1 saturated heterocycles. The van der Waals surface area contributed by atoms with E-state index in [9.17, 15) is 4.79 Å². The van der Waals surface area contributed by atoms with Gasteiger partial charge in [-0.1, -0.05) is 30.3 Å². The number of amides is 1. The number of ether oxygens (including phenoxy) is 1. The number of piperidine rings is 1. The summed E-state index contributed by atoms with van der Waals surface area (Å²) in [5.74, 6) is 2.19. The monoisotopic (exact) mass is 371 g/mol. The van der Waals surface area contributed by atoms with Crippen molar-refractivity contribution in [2.24, 2.45) is 7.05 Å². The Morgan fingerprint density at radius 3 is 2.78 bits per heavy atom. The smallest absolute Gasteiger partial charge is 0.248 e. The van der Waals surface area contributed by atoms with Crippen LogP contribution >= 0.6 is 0 Å². The Labute approximate surface area is 160 Å². The second-order valence-corrected chi connectivity index (χ2v) is 7.43. The highest BCUT2D eigenvalue weighted by Crippen LogP contribution is 2.26. The van der Waals surface area contributed by atoms with Gasteiger partial charge in [0.15, 0.2) is 0 Å². The molecule has 2 heterocycles. The minimum atomic E-state index is 0.0475. The topological polar surface area (TPSA) is 63.5 Å². The highest BCUT2D eigenvalue weighted by molar-refractivity contribution is 5.77. The lowest BCUT2D eigenvalue weighted by Gasteiger charge is -2.32. The molecule has 1 aliphatic heterocycles. The van der Waals surface area contributed by atoms with E-state index in [4.69, 9.17) is 4.74 Å². The van der Waals surface area contributed by atoms with Crippen molar-refractivity contribution in [3.05, 3.63) is 47.5 Å². The first-order valence-electron chi connectivity index (χ1n) is 9.47. The molecule has 1 aliphatic rings. The Morgan fingerprint density at radius 1 is 1.26 bits per heavy atom. The third kappa shape index (κ3) is 5.14. The first-order valence-corrected chi connectivity index (χ1v) is 9.47. The summed E-state index contributed by atoms with van der Waals surface area (Å²) in [5.41, 5.74) is 1.08. The zero-order valence-electron chi connectivity index (χ0n) is 16.5. The van der Waals surface area contributed by atoms with Gasteiger partial charge in [0.25, 0.3) is 0 Å². The Bertz CT molecular complexity index is 744. The van der Waals surface area contributed by atoms with Gasteiger partial charge < -0.3 is 19.1 Å². The SMILES string of the molecule is CN(C)Cc1nnc([C@H]2CCCN(C(=O)COCc3ccccc3)C2)n1C. The zero-order valence-corrected chi connectivity index (χ0v) is 16.5. The summed E-state index contributed by atoms with van der Waals surface area (Å²) in [6, 6.07) is 9.92. The van der Waals surface area contributed by atoms with Gasteiger partial charge in [-0.15, -0.1) is 10.2 Å².